The fourth-order valence-electron chi connectivity index (χ4n) is 2.07. The van der Waals surface area contributed by atoms with Crippen molar-refractivity contribution in [3.8, 4) is 0 Å². The lowest BCUT2D eigenvalue weighted by molar-refractivity contribution is -0.385. The molecule has 1 rings (SSSR count). The first kappa shape index (κ1) is 18.0. The van der Waals surface area contributed by atoms with E-state index in [2.05, 4.69) is 21.2 Å². The van der Waals surface area contributed by atoms with Crippen molar-refractivity contribution in [2.24, 2.45) is 5.73 Å². The summed E-state index contributed by atoms with van der Waals surface area (Å²) in [5.41, 5.74) is 5.43. The van der Waals surface area contributed by atoms with Crippen LogP contribution in [0.2, 0.25) is 0 Å². The summed E-state index contributed by atoms with van der Waals surface area (Å²) in [7, 11) is 0. The Labute approximate surface area is 132 Å². The summed E-state index contributed by atoms with van der Waals surface area (Å²) >= 11 is 3.08. The average molecular weight is 362 g/mol. The second-order valence-electron chi connectivity index (χ2n) is 4.85. The molecule has 0 spiro atoms. The molecule has 0 heterocycles. The molecule has 3 N–H and O–H groups in total. The number of benzene rings is 1. The number of nitrogens with two attached hydrogens (primary N) is 1. The summed E-state index contributed by atoms with van der Waals surface area (Å²) in [6.07, 6.45) is 3.99. The average Bonchev–Trinajstić information content (AvgIpc) is 2.43. The van der Waals surface area contributed by atoms with Crippen LogP contribution >= 0.6 is 15.9 Å². The van der Waals surface area contributed by atoms with E-state index in [0.717, 1.165) is 32.4 Å². The highest BCUT2D eigenvalue weighted by molar-refractivity contribution is 9.10. The molecule has 0 amide bonds. The minimum absolute atomic E-state index is 0.155. The summed E-state index contributed by atoms with van der Waals surface area (Å²) in [5.74, 6) is -0.521. The number of nitro groups is 1. The van der Waals surface area contributed by atoms with E-state index in [0.29, 0.717) is 23.9 Å². The zero-order valence-corrected chi connectivity index (χ0v) is 13.5. The molecule has 0 unspecified atom stereocenters. The van der Waals surface area contributed by atoms with Gasteiger partial charge in [-0.1, -0.05) is 15.9 Å². The minimum Gasteiger partial charge on any atom is -0.330 e. The van der Waals surface area contributed by atoms with Crippen LogP contribution < -0.4 is 11.1 Å². The lowest BCUT2D eigenvalue weighted by Gasteiger charge is -2.07. The Morgan fingerprint density at radius 1 is 1.24 bits per heavy atom. The fraction of sp³-hybridized carbons (Fsp3) is 0.571. The molecule has 0 fully saturated rings. The third kappa shape index (κ3) is 6.50. The topological polar surface area (TPSA) is 81.2 Å². The highest BCUT2D eigenvalue weighted by Gasteiger charge is 2.18. The Balaban J connectivity index is 2.40. The fourth-order valence-corrected chi connectivity index (χ4v) is 2.49. The molecule has 21 heavy (non-hydrogen) atoms. The summed E-state index contributed by atoms with van der Waals surface area (Å²) in [5, 5.41) is 14.2. The predicted octanol–water partition coefficient (Wildman–Crippen LogP) is 3.15. The molecule has 0 aliphatic heterocycles. The van der Waals surface area contributed by atoms with Gasteiger partial charge in [0.25, 0.3) is 5.69 Å². The maximum atomic E-state index is 13.8. The molecule has 0 saturated heterocycles. The van der Waals surface area contributed by atoms with Gasteiger partial charge in [-0.05, 0) is 57.8 Å². The standard InChI is InChI=1S/C14H21BrFN3O2/c15-11-9-13(16)12(14(10-11)19(20)21)5-1-3-7-18-8-4-2-6-17/h9-10,18H,1-8,17H2. The second-order valence-corrected chi connectivity index (χ2v) is 5.76. The quantitative estimate of drug-likeness (QED) is 0.381. The Kier molecular flexibility index (Phi) is 8.41. The van der Waals surface area contributed by atoms with Crippen molar-refractivity contribution in [1.82, 2.24) is 5.32 Å². The maximum Gasteiger partial charge on any atom is 0.276 e. The minimum atomic E-state index is -0.533. The number of halogens is 2. The van der Waals surface area contributed by atoms with Crippen LogP contribution in [0.4, 0.5) is 10.1 Å². The number of nitro benzene ring substituents is 1. The van der Waals surface area contributed by atoms with E-state index in [-0.39, 0.29) is 11.3 Å². The monoisotopic (exact) mass is 361 g/mol. The maximum absolute atomic E-state index is 13.8. The molecule has 118 valence electrons. The molecule has 1 aromatic rings. The van der Waals surface area contributed by atoms with Gasteiger partial charge in [0.05, 0.1) is 10.5 Å². The van der Waals surface area contributed by atoms with Crippen LogP contribution in [-0.2, 0) is 6.42 Å². The molecule has 0 saturated carbocycles. The van der Waals surface area contributed by atoms with E-state index < -0.39 is 10.7 Å². The van der Waals surface area contributed by atoms with Crippen LogP contribution in [0.15, 0.2) is 16.6 Å². The molecule has 0 radical (unpaired) electrons. The first-order chi connectivity index (χ1) is 10.1. The molecule has 0 bridgehead atoms. The third-order valence-electron chi connectivity index (χ3n) is 3.17. The second kappa shape index (κ2) is 9.81. The Morgan fingerprint density at radius 2 is 1.90 bits per heavy atom. The Hall–Kier alpha value is -1.05. The number of unbranched alkanes of at least 4 members (excludes halogenated alkanes) is 2. The van der Waals surface area contributed by atoms with Gasteiger partial charge in [-0.25, -0.2) is 4.39 Å². The zero-order chi connectivity index (χ0) is 15.7. The first-order valence-corrected chi connectivity index (χ1v) is 7.88. The molecule has 1 aromatic carbocycles. The van der Waals surface area contributed by atoms with Crippen molar-refractivity contribution in [1.29, 1.82) is 0 Å². The van der Waals surface area contributed by atoms with Crippen LogP contribution in [0.1, 0.15) is 31.2 Å². The molecule has 0 aliphatic carbocycles. The van der Waals surface area contributed by atoms with Crippen molar-refractivity contribution in [2.45, 2.75) is 32.1 Å². The van der Waals surface area contributed by atoms with Crippen molar-refractivity contribution < 1.29 is 9.31 Å². The third-order valence-corrected chi connectivity index (χ3v) is 3.63. The van der Waals surface area contributed by atoms with Gasteiger partial charge < -0.3 is 11.1 Å². The van der Waals surface area contributed by atoms with E-state index in [9.17, 15) is 14.5 Å². The zero-order valence-electron chi connectivity index (χ0n) is 11.9. The van der Waals surface area contributed by atoms with Gasteiger partial charge in [-0.3, -0.25) is 10.1 Å². The molecule has 0 atom stereocenters. The lowest BCUT2D eigenvalue weighted by Crippen LogP contribution is -2.17. The van der Waals surface area contributed by atoms with E-state index in [4.69, 9.17) is 5.73 Å². The number of nitrogens with zero attached hydrogens (tertiary/aromatic N) is 1. The SMILES string of the molecule is NCCCCNCCCCc1c(F)cc(Br)cc1[N+](=O)[O-]. The van der Waals surface area contributed by atoms with E-state index in [1.807, 2.05) is 0 Å². The summed E-state index contributed by atoms with van der Waals surface area (Å²) < 4.78 is 14.2. The Morgan fingerprint density at radius 3 is 2.52 bits per heavy atom. The van der Waals surface area contributed by atoms with Crippen molar-refractivity contribution in [3.05, 3.63) is 38.1 Å². The van der Waals surface area contributed by atoms with E-state index in [1.54, 1.807) is 0 Å². The lowest BCUT2D eigenvalue weighted by atomic mass is 10.1. The molecule has 0 aliphatic rings. The number of hydrogen-bond acceptors (Lipinski definition) is 4. The van der Waals surface area contributed by atoms with Gasteiger partial charge in [-0.2, -0.15) is 0 Å². The molecular weight excluding hydrogens is 341 g/mol. The number of hydrogen-bond donors (Lipinski definition) is 2. The van der Waals surface area contributed by atoms with Crippen LogP contribution in [0.5, 0.6) is 0 Å². The van der Waals surface area contributed by atoms with Crippen LogP contribution in [0.25, 0.3) is 0 Å². The normalized spacial score (nSPS) is 10.8. The number of rotatable bonds is 10. The largest absolute Gasteiger partial charge is 0.330 e. The van der Waals surface area contributed by atoms with Gasteiger partial charge >= 0.3 is 0 Å². The van der Waals surface area contributed by atoms with E-state index in [1.165, 1.54) is 12.1 Å². The van der Waals surface area contributed by atoms with Crippen molar-refractivity contribution in [3.63, 3.8) is 0 Å². The summed E-state index contributed by atoms with van der Waals surface area (Å²) in [4.78, 5) is 10.4. The van der Waals surface area contributed by atoms with Gasteiger partial charge in [0, 0.05) is 10.5 Å². The van der Waals surface area contributed by atoms with Crippen LogP contribution in [-0.4, -0.2) is 24.6 Å². The molecular formula is C14H21BrFN3O2. The summed E-state index contributed by atoms with van der Waals surface area (Å²) in [6, 6.07) is 2.62. The summed E-state index contributed by atoms with van der Waals surface area (Å²) in [6.45, 7) is 2.45. The Bertz CT molecular complexity index is 472. The predicted molar refractivity (Wildman–Crippen MR) is 84.9 cm³/mol. The molecule has 0 aromatic heterocycles. The van der Waals surface area contributed by atoms with E-state index >= 15 is 0 Å². The van der Waals surface area contributed by atoms with Crippen LogP contribution in [0.3, 0.4) is 0 Å². The highest BCUT2D eigenvalue weighted by Crippen LogP contribution is 2.27. The molecule has 5 nitrogen and oxygen atoms in total. The highest BCUT2D eigenvalue weighted by atomic mass is 79.9. The van der Waals surface area contributed by atoms with Crippen LogP contribution in [0, 0.1) is 15.9 Å². The number of nitrogens with one attached hydrogen (secondary N) is 1. The van der Waals surface area contributed by atoms with Crippen molar-refractivity contribution in [2.75, 3.05) is 19.6 Å². The van der Waals surface area contributed by atoms with Gasteiger partial charge in [0.1, 0.15) is 5.82 Å². The first-order valence-electron chi connectivity index (χ1n) is 7.09. The smallest absolute Gasteiger partial charge is 0.276 e. The van der Waals surface area contributed by atoms with Gasteiger partial charge in [0.2, 0.25) is 0 Å². The van der Waals surface area contributed by atoms with Gasteiger partial charge in [-0.15, -0.1) is 0 Å². The molecule has 7 heteroatoms. The van der Waals surface area contributed by atoms with Crippen molar-refractivity contribution >= 4 is 21.6 Å². The van der Waals surface area contributed by atoms with Gasteiger partial charge in [0.15, 0.2) is 0 Å².